The molecule has 1 aliphatic heterocycles. The van der Waals surface area contributed by atoms with E-state index in [1.807, 2.05) is 12.4 Å². The summed E-state index contributed by atoms with van der Waals surface area (Å²) in [6.45, 7) is 0. The molecule has 0 unspecified atom stereocenters. The minimum Gasteiger partial charge on any atom is -0.454 e. The van der Waals surface area contributed by atoms with Gasteiger partial charge in [0.2, 0.25) is 0 Å². The van der Waals surface area contributed by atoms with Gasteiger partial charge >= 0.3 is 0 Å². The van der Waals surface area contributed by atoms with E-state index in [9.17, 15) is 0 Å². The van der Waals surface area contributed by atoms with Crippen LogP contribution in [0.2, 0.25) is 0 Å². The highest BCUT2D eigenvalue weighted by atomic mass is 16.3. The minimum atomic E-state index is 0.827. The zero-order valence-corrected chi connectivity index (χ0v) is 31.7. The summed E-state index contributed by atoms with van der Waals surface area (Å²) in [5.41, 5.74) is 15.8. The maximum Gasteiger partial charge on any atom is 0.159 e. The molecular weight excluding hydrogens is 721 g/mol. The Bertz CT molecular complexity index is 3680. The van der Waals surface area contributed by atoms with Crippen LogP contribution in [-0.4, -0.2) is 14.5 Å². The van der Waals surface area contributed by atoms with E-state index >= 15 is 0 Å². The molecule has 5 nitrogen and oxygen atoms in total. The summed E-state index contributed by atoms with van der Waals surface area (Å²) in [5.74, 6) is 0. The standard InChI is InChI=1S/C54H32N4O/c1-3-12-33(13-4-1)34-22-26-48-43(30-34)53-52-44(38-16-7-9-19-45(38)56-53)31-55-32-50(52)58(48)49-21-11-18-40-42-29-36(24-27-51(42)59-54(40)49)35-23-25-47-41(28-35)39-17-8-10-20-46(39)57(47)37-14-5-2-6-15-37/h1-32H. The molecule has 59 heavy (non-hydrogen) atoms. The average molecular weight is 753 g/mol. The Balaban J connectivity index is 1.01. The molecule has 5 heteroatoms. The van der Waals surface area contributed by atoms with E-state index in [2.05, 4.69) is 191 Å². The van der Waals surface area contributed by atoms with Gasteiger partial charge in [0.25, 0.3) is 0 Å². The van der Waals surface area contributed by atoms with Crippen molar-refractivity contribution < 1.29 is 4.42 Å². The third kappa shape index (κ3) is 4.67. The van der Waals surface area contributed by atoms with Crippen LogP contribution in [0.4, 0.5) is 17.1 Å². The number of hydrogen-bond acceptors (Lipinski definition) is 4. The predicted octanol–water partition coefficient (Wildman–Crippen LogP) is 14.6. The second kappa shape index (κ2) is 12.2. The molecule has 0 bridgehead atoms. The van der Waals surface area contributed by atoms with Crippen LogP contribution in [0.25, 0.3) is 105 Å². The van der Waals surface area contributed by atoms with Gasteiger partial charge in [0.15, 0.2) is 5.58 Å². The van der Waals surface area contributed by atoms with Gasteiger partial charge in [0.05, 0.1) is 45.5 Å². The Labute approximate surface area is 338 Å². The van der Waals surface area contributed by atoms with Crippen molar-refractivity contribution >= 4 is 82.5 Å². The van der Waals surface area contributed by atoms with E-state index in [1.165, 1.54) is 21.8 Å². The van der Waals surface area contributed by atoms with Crippen LogP contribution in [0.3, 0.4) is 0 Å². The van der Waals surface area contributed by atoms with Crippen LogP contribution >= 0.6 is 0 Å². The lowest BCUT2D eigenvalue weighted by atomic mass is 9.91. The second-order valence-corrected chi connectivity index (χ2v) is 15.4. The molecule has 4 aromatic heterocycles. The Morgan fingerprint density at radius 3 is 2.00 bits per heavy atom. The first-order valence-electron chi connectivity index (χ1n) is 20.0. The summed E-state index contributed by atoms with van der Waals surface area (Å²) >= 11 is 0. The molecule has 13 rings (SSSR count). The first-order valence-corrected chi connectivity index (χ1v) is 20.0. The molecule has 12 aromatic rings. The number of nitrogens with zero attached hydrogens (tertiary/aromatic N) is 4. The molecule has 0 saturated carbocycles. The van der Waals surface area contributed by atoms with E-state index in [4.69, 9.17) is 14.4 Å². The fourth-order valence-corrected chi connectivity index (χ4v) is 9.51. The Morgan fingerprint density at radius 1 is 0.424 bits per heavy atom. The lowest BCUT2D eigenvalue weighted by Crippen LogP contribution is -2.16. The van der Waals surface area contributed by atoms with Gasteiger partial charge in [-0.3, -0.25) is 4.98 Å². The van der Waals surface area contributed by atoms with Crippen molar-refractivity contribution in [3.8, 4) is 39.2 Å². The number of fused-ring (bicyclic) bond motifs is 10. The number of pyridine rings is 2. The lowest BCUT2D eigenvalue weighted by molar-refractivity contribution is 0.669. The van der Waals surface area contributed by atoms with Crippen molar-refractivity contribution in [2.75, 3.05) is 4.90 Å². The van der Waals surface area contributed by atoms with E-state index in [1.54, 1.807) is 0 Å². The van der Waals surface area contributed by atoms with Crippen molar-refractivity contribution in [1.82, 2.24) is 14.5 Å². The third-order valence-corrected chi connectivity index (χ3v) is 12.2. The highest BCUT2D eigenvalue weighted by Crippen LogP contribution is 2.53. The number of hydrogen-bond donors (Lipinski definition) is 0. The number of rotatable bonds is 4. The molecule has 0 N–H and O–H groups in total. The normalized spacial score (nSPS) is 12.4. The summed E-state index contributed by atoms with van der Waals surface area (Å²) < 4.78 is 9.25. The molecule has 0 radical (unpaired) electrons. The van der Waals surface area contributed by atoms with Crippen LogP contribution in [0.1, 0.15) is 0 Å². The molecule has 8 aromatic carbocycles. The quantitative estimate of drug-likeness (QED) is 0.168. The molecule has 0 fully saturated rings. The number of benzene rings is 8. The number of furan rings is 1. The van der Waals surface area contributed by atoms with Gasteiger partial charge in [-0.25, -0.2) is 4.98 Å². The van der Waals surface area contributed by atoms with Gasteiger partial charge in [0, 0.05) is 55.2 Å². The van der Waals surface area contributed by atoms with Gasteiger partial charge in [-0.15, -0.1) is 0 Å². The lowest BCUT2D eigenvalue weighted by Gasteiger charge is -2.33. The summed E-state index contributed by atoms with van der Waals surface area (Å²) in [4.78, 5) is 12.5. The maximum absolute atomic E-state index is 6.89. The van der Waals surface area contributed by atoms with Gasteiger partial charge in [0.1, 0.15) is 5.58 Å². The van der Waals surface area contributed by atoms with Gasteiger partial charge < -0.3 is 13.9 Å². The van der Waals surface area contributed by atoms with Crippen molar-refractivity contribution in [3.05, 3.63) is 194 Å². The van der Waals surface area contributed by atoms with E-state index in [-0.39, 0.29) is 0 Å². The Kier molecular flexibility index (Phi) is 6.66. The zero-order valence-electron chi connectivity index (χ0n) is 31.7. The van der Waals surface area contributed by atoms with Crippen LogP contribution in [0.15, 0.2) is 199 Å². The van der Waals surface area contributed by atoms with Crippen molar-refractivity contribution in [3.63, 3.8) is 0 Å². The molecular formula is C54H32N4O. The van der Waals surface area contributed by atoms with Gasteiger partial charge in [-0.2, -0.15) is 0 Å². The van der Waals surface area contributed by atoms with Crippen LogP contribution < -0.4 is 4.90 Å². The molecule has 5 heterocycles. The van der Waals surface area contributed by atoms with Crippen LogP contribution in [0.5, 0.6) is 0 Å². The molecule has 274 valence electrons. The molecule has 0 amide bonds. The summed E-state index contributed by atoms with van der Waals surface area (Å²) in [7, 11) is 0. The summed E-state index contributed by atoms with van der Waals surface area (Å²) in [6.07, 6.45) is 3.96. The van der Waals surface area contributed by atoms with Crippen molar-refractivity contribution in [1.29, 1.82) is 0 Å². The highest BCUT2D eigenvalue weighted by Gasteiger charge is 2.31. The van der Waals surface area contributed by atoms with E-state index in [0.29, 0.717) is 0 Å². The smallest absolute Gasteiger partial charge is 0.159 e. The van der Waals surface area contributed by atoms with Gasteiger partial charge in [-0.05, 0) is 89.0 Å². The molecule has 0 aliphatic carbocycles. The monoisotopic (exact) mass is 752 g/mol. The first-order chi connectivity index (χ1) is 29.3. The Morgan fingerprint density at radius 2 is 1.12 bits per heavy atom. The summed E-state index contributed by atoms with van der Waals surface area (Å²) in [5, 5.41) is 7.84. The maximum atomic E-state index is 6.89. The zero-order chi connectivity index (χ0) is 38.6. The van der Waals surface area contributed by atoms with Crippen LogP contribution in [-0.2, 0) is 0 Å². The van der Waals surface area contributed by atoms with Gasteiger partial charge in [-0.1, -0.05) is 115 Å². The highest BCUT2D eigenvalue weighted by molar-refractivity contribution is 6.21. The van der Waals surface area contributed by atoms with Crippen molar-refractivity contribution in [2.45, 2.75) is 0 Å². The largest absolute Gasteiger partial charge is 0.454 e. The third-order valence-electron chi connectivity index (χ3n) is 12.2. The molecule has 0 spiro atoms. The SMILES string of the molecule is c1ccc(-c2ccc3c(c2)-c2nc4ccccc4c4cncc(c24)N3c2cccc3c2oc2ccc(-c4ccc5c(c4)c4ccccc4n5-c4ccccc4)cc23)cc1. The first kappa shape index (κ1) is 32.1. The molecule has 0 saturated heterocycles. The Hall–Kier alpha value is -8.02. The predicted molar refractivity (Wildman–Crippen MR) is 243 cm³/mol. The number of aromatic nitrogens is 3. The molecule has 1 aliphatic rings. The second-order valence-electron chi connectivity index (χ2n) is 15.4. The molecule has 0 atom stereocenters. The fourth-order valence-electron chi connectivity index (χ4n) is 9.51. The van der Waals surface area contributed by atoms with E-state index < -0.39 is 0 Å². The number of para-hydroxylation sites is 4. The average Bonchev–Trinajstić information content (AvgIpc) is 3.85. The minimum absolute atomic E-state index is 0.827. The van der Waals surface area contributed by atoms with Crippen molar-refractivity contribution in [2.24, 2.45) is 0 Å². The van der Waals surface area contributed by atoms with Crippen LogP contribution in [0, 0.1) is 0 Å². The van der Waals surface area contributed by atoms with E-state index in [0.717, 1.165) is 99.9 Å². The fraction of sp³-hybridized carbons (Fsp3) is 0. The number of anilines is 3. The summed E-state index contributed by atoms with van der Waals surface area (Å²) in [6, 6.07) is 64.8. The topological polar surface area (TPSA) is 47.1 Å².